The van der Waals surface area contributed by atoms with Gasteiger partial charge in [-0.1, -0.05) is 13.8 Å². The molecule has 7 N–H and O–H groups in total. The summed E-state index contributed by atoms with van der Waals surface area (Å²) in [4.78, 5) is 52.3. The first kappa shape index (κ1) is 38.3. The van der Waals surface area contributed by atoms with Crippen molar-refractivity contribution in [2.45, 2.75) is 127 Å². The highest BCUT2D eigenvalue weighted by Crippen LogP contribution is 2.77. The maximum absolute atomic E-state index is 14.8. The second-order valence-electron chi connectivity index (χ2n) is 15.4. The maximum Gasteiger partial charge on any atom is 0.335 e. The lowest BCUT2D eigenvalue weighted by atomic mass is 9.37. The lowest BCUT2D eigenvalue weighted by Gasteiger charge is -2.66. The Kier molecular flexibility index (Phi) is 9.89. The van der Waals surface area contributed by atoms with E-state index in [1.165, 1.54) is 32.4 Å². The largest absolute Gasteiger partial charge is 0.481 e. The molecule has 4 aliphatic rings. The first-order chi connectivity index (χ1) is 23.1. The lowest BCUT2D eigenvalue weighted by molar-refractivity contribution is -0.329. The molecule has 280 valence electrons. The van der Waals surface area contributed by atoms with Gasteiger partial charge in [-0.25, -0.2) is 4.79 Å². The zero-order valence-electron chi connectivity index (χ0n) is 28.8. The lowest BCUT2D eigenvalue weighted by Crippen LogP contribution is -2.72. The minimum Gasteiger partial charge on any atom is -0.481 e. The number of aliphatic hydroxyl groups is 5. The molecule has 16 nitrogen and oxygen atoms in total. The highest BCUT2D eigenvalue weighted by molar-refractivity contribution is 5.92. The van der Waals surface area contributed by atoms with Crippen LogP contribution in [-0.4, -0.2) is 120 Å². The molecule has 2 unspecified atom stereocenters. The summed E-state index contributed by atoms with van der Waals surface area (Å²) < 4.78 is 29.4. The van der Waals surface area contributed by atoms with Crippen molar-refractivity contribution >= 4 is 23.7 Å². The first-order valence-corrected chi connectivity index (χ1v) is 16.7. The summed E-state index contributed by atoms with van der Waals surface area (Å²) in [6.07, 6.45) is -10.7. The molecule has 5 rings (SSSR count). The highest BCUT2D eigenvalue weighted by Gasteiger charge is 2.86. The number of esters is 1. The Labute approximate surface area is 288 Å². The molecule has 2 aliphatic heterocycles. The number of carboxylic acids is 2. The van der Waals surface area contributed by atoms with Gasteiger partial charge in [0.15, 0.2) is 12.4 Å². The van der Waals surface area contributed by atoms with Gasteiger partial charge in [-0.2, -0.15) is 0 Å². The Hall–Kier alpha value is -2.96. The summed E-state index contributed by atoms with van der Waals surface area (Å²) in [5, 5.41) is 73.6. The number of fused-ring (bicyclic) bond motifs is 2. The summed E-state index contributed by atoms with van der Waals surface area (Å²) in [6.45, 7) is 8.24. The van der Waals surface area contributed by atoms with Crippen LogP contribution in [0.15, 0.2) is 23.0 Å². The molecule has 0 amide bonds. The van der Waals surface area contributed by atoms with E-state index in [1.54, 1.807) is 20.8 Å². The van der Waals surface area contributed by atoms with Crippen LogP contribution >= 0.6 is 0 Å². The molecule has 1 aromatic heterocycles. The zero-order valence-corrected chi connectivity index (χ0v) is 28.8. The molecule has 14 atom stereocenters. The third kappa shape index (κ3) is 5.59. The smallest absolute Gasteiger partial charge is 0.335 e. The van der Waals surface area contributed by atoms with Gasteiger partial charge in [-0.05, 0) is 45.6 Å². The molecule has 4 fully saturated rings. The number of hydrogen-bond acceptors (Lipinski definition) is 14. The SMILES string of the molecule is CC(=O)O[C@H](CC(=O)O)[C@]1(C)[C@H]2CC[C@@](C)([C@@H](O[C@@H]3O[C@H](CO)[C@@H](O)[C@H](O)[C@H]3O)c3ccoc3)C3(OC3C(=O)O)[C@]2(C)C(=O)C[C@H]1C(C)(C)O. The van der Waals surface area contributed by atoms with E-state index in [4.69, 9.17) is 23.4 Å². The average Bonchev–Trinajstić information content (AvgIpc) is 3.58. The van der Waals surface area contributed by atoms with Crippen LogP contribution < -0.4 is 0 Å². The molecule has 1 aromatic rings. The van der Waals surface area contributed by atoms with Crippen molar-refractivity contribution in [1.29, 1.82) is 0 Å². The van der Waals surface area contributed by atoms with E-state index in [-0.39, 0.29) is 19.3 Å². The predicted molar refractivity (Wildman–Crippen MR) is 166 cm³/mol. The van der Waals surface area contributed by atoms with E-state index >= 15 is 0 Å². The summed E-state index contributed by atoms with van der Waals surface area (Å²) in [6, 6.07) is 1.53. The Balaban J connectivity index is 1.70. The molecule has 0 bridgehead atoms. The van der Waals surface area contributed by atoms with Gasteiger partial charge >= 0.3 is 17.9 Å². The van der Waals surface area contributed by atoms with E-state index in [2.05, 4.69) is 0 Å². The van der Waals surface area contributed by atoms with Gasteiger partial charge < -0.3 is 59.1 Å². The van der Waals surface area contributed by atoms with Crippen molar-refractivity contribution < 1.29 is 78.3 Å². The minimum absolute atomic E-state index is 0.0472. The van der Waals surface area contributed by atoms with Gasteiger partial charge in [0.25, 0.3) is 0 Å². The molecule has 0 aromatic carbocycles. The van der Waals surface area contributed by atoms with Crippen LogP contribution in [0.2, 0.25) is 0 Å². The number of rotatable bonds is 11. The summed E-state index contributed by atoms with van der Waals surface area (Å²) in [7, 11) is 0. The fraction of sp³-hybridized carbons (Fsp3) is 0.765. The fourth-order valence-corrected chi connectivity index (χ4v) is 10.0. The fourth-order valence-electron chi connectivity index (χ4n) is 10.0. The van der Waals surface area contributed by atoms with Gasteiger partial charge in [0.1, 0.15) is 41.9 Å². The topological polar surface area (TPSA) is 263 Å². The van der Waals surface area contributed by atoms with Crippen LogP contribution in [0.25, 0.3) is 0 Å². The molecule has 50 heavy (non-hydrogen) atoms. The number of ketones is 1. The molecular weight excluding hydrogens is 664 g/mol. The number of hydrogen-bond donors (Lipinski definition) is 7. The monoisotopic (exact) mass is 712 g/mol. The van der Waals surface area contributed by atoms with Crippen molar-refractivity contribution in [2.75, 3.05) is 6.61 Å². The standard InChI is InChI=1S/C34H48O16/c1-15(36)47-21(12-22(38)39)32(5)18-7-9-31(4,34(27(50-34)28(43)44)33(18,6)20(37)11-19(32)30(2,3)45)26(16-8-10-46-14-16)49-29-25(42)24(41)23(40)17(13-35)48-29/h8,10,14,17-19,21,23-27,29,35,40-42,45H,7,9,11-13H2,1-6H3,(H,38,39)(H,43,44)/t17-,18-,19+,21-,23-,24+,25-,26+,27?,29+,31+,32-,33+,34?/m1/s1. The van der Waals surface area contributed by atoms with Gasteiger partial charge in [0.2, 0.25) is 0 Å². The number of Topliss-reactive ketones (excluding diaryl/α,β-unsaturated/α-hetero) is 1. The van der Waals surface area contributed by atoms with Gasteiger partial charge in [0, 0.05) is 35.7 Å². The van der Waals surface area contributed by atoms with Crippen LogP contribution in [0, 0.1) is 28.1 Å². The van der Waals surface area contributed by atoms with Gasteiger partial charge in [0.05, 0.1) is 42.7 Å². The number of aliphatic carboxylic acids is 2. The second-order valence-corrected chi connectivity index (χ2v) is 15.4. The van der Waals surface area contributed by atoms with E-state index in [0.29, 0.717) is 5.56 Å². The Morgan fingerprint density at radius 1 is 1.08 bits per heavy atom. The van der Waals surface area contributed by atoms with Crippen LogP contribution in [0.3, 0.4) is 0 Å². The molecule has 1 spiro atoms. The van der Waals surface area contributed by atoms with E-state index in [0.717, 1.165) is 6.92 Å². The average molecular weight is 713 g/mol. The van der Waals surface area contributed by atoms with Gasteiger partial charge in [-0.3, -0.25) is 14.4 Å². The Morgan fingerprint density at radius 2 is 1.74 bits per heavy atom. The molecule has 2 saturated heterocycles. The second kappa shape index (κ2) is 12.9. The molecule has 2 aliphatic carbocycles. The molecular formula is C34H48O16. The summed E-state index contributed by atoms with van der Waals surface area (Å²) in [5.74, 6) is -5.77. The quantitative estimate of drug-likeness (QED) is 0.122. The van der Waals surface area contributed by atoms with Crippen LogP contribution in [0.5, 0.6) is 0 Å². The Morgan fingerprint density at radius 3 is 2.24 bits per heavy atom. The third-order valence-electron chi connectivity index (χ3n) is 12.3. The van der Waals surface area contributed by atoms with Crippen molar-refractivity contribution in [3.63, 3.8) is 0 Å². The first-order valence-electron chi connectivity index (χ1n) is 16.7. The predicted octanol–water partition coefficient (Wildman–Crippen LogP) is 0.555. The number of carbonyl (C=O) groups excluding carboxylic acids is 2. The maximum atomic E-state index is 14.8. The van der Waals surface area contributed by atoms with Crippen LogP contribution in [-0.2, 0) is 38.1 Å². The van der Waals surface area contributed by atoms with Crippen molar-refractivity contribution in [3.8, 4) is 0 Å². The number of carboxylic acid groups (broad SMARTS) is 2. The number of aliphatic hydroxyl groups excluding tert-OH is 4. The third-order valence-corrected chi connectivity index (χ3v) is 12.3. The highest BCUT2D eigenvalue weighted by atomic mass is 16.7. The van der Waals surface area contributed by atoms with E-state index in [1.807, 2.05) is 0 Å². The zero-order chi connectivity index (χ0) is 37.4. The number of furan rings is 1. The normalized spacial score (nSPS) is 42.7. The van der Waals surface area contributed by atoms with E-state index < -0.39 is 125 Å². The summed E-state index contributed by atoms with van der Waals surface area (Å²) >= 11 is 0. The minimum atomic E-state index is -1.88. The van der Waals surface area contributed by atoms with Gasteiger partial charge in [-0.15, -0.1) is 0 Å². The van der Waals surface area contributed by atoms with Crippen molar-refractivity contribution in [3.05, 3.63) is 24.2 Å². The molecule has 0 radical (unpaired) electrons. The molecule has 2 saturated carbocycles. The van der Waals surface area contributed by atoms with Crippen LogP contribution in [0.4, 0.5) is 0 Å². The number of epoxide rings is 1. The Bertz CT molecular complexity index is 1450. The number of ether oxygens (including phenoxy) is 4. The van der Waals surface area contributed by atoms with Crippen molar-refractivity contribution in [2.24, 2.45) is 28.1 Å². The van der Waals surface area contributed by atoms with E-state index in [9.17, 15) is 54.9 Å². The van der Waals surface area contributed by atoms with Crippen LogP contribution in [0.1, 0.15) is 78.9 Å². The number of carbonyl (C=O) groups is 4. The molecule has 3 heterocycles. The van der Waals surface area contributed by atoms with Crippen molar-refractivity contribution in [1.82, 2.24) is 0 Å². The molecule has 16 heteroatoms. The summed E-state index contributed by atoms with van der Waals surface area (Å²) in [5.41, 5.74) is -7.74.